The van der Waals surface area contributed by atoms with Gasteiger partial charge < -0.3 is 39.4 Å². The summed E-state index contributed by atoms with van der Waals surface area (Å²) in [4.78, 5) is 12.8. The van der Waals surface area contributed by atoms with Crippen molar-refractivity contribution in [2.45, 2.75) is 243 Å². The average molecular weight is 849 g/mol. The number of aliphatic hydroxyl groups is 4. The topological polar surface area (TPSA) is 135 Å². The van der Waals surface area contributed by atoms with Gasteiger partial charge in [0.15, 0.2) is 6.29 Å². The molecule has 60 heavy (non-hydrogen) atoms. The van der Waals surface area contributed by atoms with E-state index in [9.17, 15) is 25.2 Å². The summed E-state index contributed by atoms with van der Waals surface area (Å²) < 4.78 is 22.9. The van der Waals surface area contributed by atoms with E-state index in [-0.39, 0.29) is 19.2 Å². The fourth-order valence-electron chi connectivity index (χ4n) is 7.43. The van der Waals surface area contributed by atoms with Crippen molar-refractivity contribution in [3.8, 4) is 0 Å². The number of hydrogen-bond acceptors (Lipinski definition) is 9. The van der Waals surface area contributed by atoms with Crippen molar-refractivity contribution in [3.63, 3.8) is 0 Å². The lowest BCUT2D eigenvalue weighted by Crippen LogP contribution is -2.59. The van der Waals surface area contributed by atoms with Crippen molar-refractivity contribution in [2.75, 3.05) is 26.4 Å². The van der Waals surface area contributed by atoms with Gasteiger partial charge in [0, 0.05) is 13.0 Å². The van der Waals surface area contributed by atoms with Gasteiger partial charge in [-0.25, -0.2) is 0 Å². The monoisotopic (exact) mass is 849 g/mol. The van der Waals surface area contributed by atoms with Gasteiger partial charge in [0.05, 0.1) is 19.8 Å². The lowest BCUT2D eigenvalue weighted by Gasteiger charge is -2.39. The van der Waals surface area contributed by atoms with Gasteiger partial charge in [0.25, 0.3) is 0 Å². The Bertz CT molecular complexity index is 1060. The smallest absolute Gasteiger partial charge is 0.306 e. The second kappa shape index (κ2) is 42.5. The summed E-state index contributed by atoms with van der Waals surface area (Å²) in [6.07, 6.45) is 45.6. The molecule has 0 radical (unpaired) electrons. The number of hydrogen-bond donors (Lipinski definition) is 4. The second-order valence-electron chi connectivity index (χ2n) is 16.9. The molecule has 0 saturated carbocycles. The fraction of sp³-hybridized carbons (Fsp3) is 0.824. The van der Waals surface area contributed by atoms with Crippen LogP contribution in [0.1, 0.15) is 206 Å². The van der Waals surface area contributed by atoms with Crippen LogP contribution in [0.3, 0.4) is 0 Å². The minimum atomic E-state index is -1.54. The van der Waals surface area contributed by atoms with Crippen LogP contribution < -0.4 is 0 Å². The molecule has 0 spiro atoms. The lowest BCUT2D eigenvalue weighted by atomic mass is 9.99. The van der Waals surface area contributed by atoms with Crippen molar-refractivity contribution < 1.29 is 44.2 Å². The molecule has 1 heterocycles. The summed E-state index contributed by atoms with van der Waals surface area (Å²) in [5, 5.41) is 40.2. The normalized spacial score (nSPS) is 20.4. The summed E-state index contributed by atoms with van der Waals surface area (Å²) in [5.74, 6) is -0.320. The molecule has 1 rings (SSSR count). The van der Waals surface area contributed by atoms with Gasteiger partial charge in [-0.2, -0.15) is 0 Å². The van der Waals surface area contributed by atoms with E-state index in [0.29, 0.717) is 13.0 Å². The molecule has 1 aliphatic heterocycles. The Hall–Kier alpha value is -1.85. The maximum atomic E-state index is 12.8. The third-order valence-corrected chi connectivity index (χ3v) is 11.3. The quantitative estimate of drug-likeness (QED) is 0.0269. The van der Waals surface area contributed by atoms with Gasteiger partial charge in [-0.05, 0) is 51.4 Å². The van der Waals surface area contributed by atoms with Crippen LogP contribution in [0.5, 0.6) is 0 Å². The summed E-state index contributed by atoms with van der Waals surface area (Å²) in [6, 6.07) is 0. The number of carbonyl (C=O) groups excluding carboxylic acids is 1. The predicted octanol–water partition coefficient (Wildman–Crippen LogP) is 11.7. The zero-order valence-corrected chi connectivity index (χ0v) is 38.5. The highest BCUT2D eigenvalue weighted by Gasteiger charge is 2.44. The van der Waals surface area contributed by atoms with Crippen LogP contribution in [0.2, 0.25) is 0 Å². The SMILES string of the molecule is CC/C=C\C/C=C\C/C=C\C/C=C\CCCCCCCCCCC(=O)OC(COCCCCCCCCCCCCCCCCCC)COC1OC(CO)C(O)C(O)C1O. The van der Waals surface area contributed by atoms with Gasteiger partial charge in [-0.1, -0.05) is 197 Å². The van der Waals surface area contributed by atoms with E-state index in [1.807, 2.05) is 0 Å². The molecule has 0 aromatic carbocycles. The number of aliphatic hydroxyl groups excluding tert-OH is 4. The zero-order valence-electron chi connectivity index (χ0n) is 38.5. The number of rotatable bonds is 42. The van der Waals surface area contributed by atoms with Crippen LogP contribution in [-0.2, 0) is 23.7 Å². The Balaban J connectivity index is 2.22. The molecule has 9 heteroatoms. The van der Waals surface area contributed by atoms with Crippen LogP contribution in [0, 0.1) is 0 Å². The Kier molecular flexibility index (Phi) is 39.7. The average Bonchev–Trinajstić information content (AvgIpc) is 3.25. The van der Waals surface area contributed by atoms with E-state index in [1.165, 1.54) is 122 Å². The molecule has 350 valence electrons. The first-order valence-electron chi connectivity index (χ1n) is 24.7. The Morgan fingerprint density at radius 2 is 1.02 bits per heavy atom. The molecule has 0 aromatic rings. The molecule has 6 atom stereocenters. The fourth-order valence-corrected chi connectivity index (χ4v) is 7.43. The molecule has 1 fully saturated rings. The summed E-state index contributed by atoms with van der Waals surface area (Å²) in [6.45, 7) is 4.46. The maximum Gasteiger partial charge on any atom is 0.306 e. The third kappa shape index (κ3) is 32.8. The first-order valence-corrected chi connectivity index (χ1v) is 24.7. The van der Waals surface area contributed by atoms with Gasteiger partial charge in [0.2, 0.25) is 0 Å². The van der Waals surface area contributed by atoms with Crippen LogP contribution in [-0.4, -0.2) is 89.6 Å². The number of esters is 1. The Morgan fingerprint density at radius 3 is 1.53 bits per heavy atom. The number of ether oxygens (including phenoxy) is 4. The van der Waals surface area contributed by atoms with Crippen LogP contribution in [0.15, 0.2) is 48.6 Å². The second-order valence-corrected chi connectivity index (χ2v) is 16.9. The van der Waals surface area contributed by atoms with Crippen molar-refractivity contribution >= 4 is 5.97 Å². The highest BCUT2D eigenvalue weighted by Crippen LogP contribution is 2.23. The molecule has 4 N–H and O–H groups in total. The van der Waals surface area contributed by atoms with Gasteiger partial charge in [-0.15, -0.1) is 0 Å². The summed E-state index contributed by atoms with van der Waals surface area (Å²) in [5.41, 5.74) is 0. The minimum Gasteiger partial charge on any atom is -0.457 e. The van der Waals surface area contributed by atoms with Crippen LogP contribution in [0.4, 0.5) is 0 Å². The predicted molar refractivity (Wildman–Crippen MR) is 247 cm³/mol. The van der Waals surface area contributed by atoms with Gasteiger partial charge >= 0.3 is 5.97 Å². The van der Waals surface area contributed by atoms with Gasteiger partial charge in [-0.3, -0.25) is 4.79 Å². The third-order valence-electron chi connectivity index (χ3n) is 11.3. The van der Waals surface area contributed by atoms with Gasteiger partial charge in [0.1, 0.15) is 30.5 Å². The minimum absolute atomic E-state index is 0.115. The summed E-state index contributed by atoms with van der Waals surface area (Å²) in [7, 11) is 0. The highest BCUT2D eigenvalue weighted by atomic mass is 16.7. The molecule has 9 nitrogen and oxygen atoms in total. The largest absolute Gasteiger partial charge is 0.457 e. The Morgan fingerprint density at radius 1 is 0.550 bits per heavy atom. The first kappa shape index (κ1) is 56.2. The first-order chi connectivity index (χ1) is 29.4. The zero-order chi connectivity index (χ0) is 43.6. The van der Waals surface area contributed by atoms with E-state index < -0.39 is 43.4 Å². The van der Waals surface area contributed by atoms with Crippen molar-refractivity contribution in [1.29, 1.82) is 0 Å². The van der Waals surface area contributed by atoms with E-state index in [1.54, 1.807) is 0 Å². The number of allylic oxidation sites excluding steroid dienone is 8. The molecule has 0 bridgehead atoms. The van der Waals surface area contributed by atoms with Crippen LogP contribution >= 0.6 is 0 Å². The van der Waals surface area contributed by atoms with E-state index in [2.05, 4.69) is 62.5 Å². The molecule has 0 aromatic heterocycles. The lowest BCUT2D eigenvalue weighted by molar-refractivity contribution is -0.305. The number of unbranched alkanes of at least 4 members (excludes halogenated alkanes) is 23. The van der Waals surface area contributed by atoms with Crippen molar-refractivity contribution in [3.05, 3.63) is 48.6 Å². The molecule has 1 saturated heterocycles. The molecule has 6 unspecified atom stereocenters. The molecule has 0 amide bonds. The van der Waals surface area contributed by atoms with E-state index in [4.69, 9.17) is 18.9 Å². The Labute approximate surface area is 367 Å². The number of carbonyl (C=O) groups is 1. The van der Waals surface area contributed by atoms with Crippen molar-refractivity contribution in [1.82, 2.24) is 0 Å². The maximum absolute atomic E-state index is 12.8. The van der Waals surface area contributed by atoms with Crippen molar-refractivity contribution in [2.24, 2.45) is 0 Å². The van der Waals surface area contributed by atoms with E-state index in [0.717, 1.165) is 64.2 Å². The molecule has 0 aliphatic carbocycles. The highest BCUT2D eigenvalue weighted by molar-refractivity contribution is 5.69. The molecular formula is C51H92O9. The standard InChI is InChI=1S/C51H92O9/c1-3-5-7-9-11-13-15-17-19-21-22-23-24-25-26-28-30-32-34-36-38-40-47(53)59-45(44-58-51-50(56)49(55)48(54)46(42-52)60-51)43-57-41-39-37-35-33-31-29-27-20-18-16-14-12-10-8-6-4-2/h5,7,11,13,17,19,22-23,45-46,48-52,54-56H,3-4,6,8-10,12,14-16,18,20-21,24-44H2,1-2H3/b7-5-,13-11-,19-17-,23-22-. The molecular weight excluding hydrogens is 757 g/mol. The molecule has 1 aliphatic rings. The van der Waals surface area contributed by atoms with E-state index >= 15 is 0 Å². The summed E-state index contributed by atoms with van der Waals surface area (Å²) >= 11 is 0. The van der Waals surface area contributed by atoms with Crippen LogP contribution in [0.25, 0.3) is 0 Å².